The molecule has 0 spiro atoms. The minimum atomic E-state index is 0.0554. The summed E-state index contributed by atoms with van der Waals surface area (Å²) in [6.45, 7) is 2.62. The quantitative estimate of drug-likeness (QED) is 0.895. The maximum absolute atomic E-state index is 12.0. The zero-order valence-electron chi connectivity index (χ0n) is 11.7. The van der Waals surface area contributed by atoms with Crippen LogP contribution in [0.5, 0.6) is 0 Å². The Morgan fingerprint density at radius 1 is 1.38 bits per heavy atom. The topological polar surface area (TPSA) is 71.2 Å². The Bertz CT molecular complexity index is 626. The third kappa shape index (κ3) is 3.59. The molecule has 0 saturated heterocycles. The Morgan fingerprint density at radius 3 is 3.00 bits per heavy atom. The summed E-state index contributed by atoms with van der Waals surface area (Å²) in [7, 11) is 0. The minimum Gasteiger partial charge on any atom is -0.375 e. The Hall–Kier alpha value is -1.92. The molecule has 0 aliphatic carbocycles. The van der Waals surface area contributed by atoms with Crippen LogP contribution >= 0.6 is 11.3 Å². The summed E-state index contributed by atoms with van der Waals surface area (Å²) in [6, 6.07) is 9.93. The number of amides is 1. The lowest BCUT2D eigenvalue weighted by Gasteiger charge is -2.25. The molecule has 1 aromatic carbocycles. The number of rotatable bonds is 4. The number of benzene rings is 1. The summed E-state index contributed by atoms with van der Waals surface area (Å²) in [4.78, 5) is 19.7. The van der Waals surface area contributed by atoms with Crippen molar-refractivity contribution in [3.05, 3.63) is 46.5 Å². The first-order valence-corrected chi connectivity index (χ1v) is 7.79. The average molecular weight is 302 g/mol. The first kappa shape index (κ1) is 14.0. The predicted octanol–water partition coefficient (Wildman–Crippen LogP) is 1.40. The van der Waals surface area contributed by atoms with E-state index in [0.29, 0.717) is 18.2 Å². The zero-order valence-corrected chi connectivity index (χ0v) is 12.5. The molecule has 3 N–H and O–H groups in total. The van der Waals surface area contributed by atoms with E-state index in [9.17, 15) is 4.79 Å². The number of fused-ring (bicyclic) bond motifs is 1. The molecule has 5 nitrogen and oxygen atoms in total. The van der Waals surface area contributed by atoms with Gasteiger partial charge in [-0.3, -0.25) is 9.69 Å². The SMILES string of the molecule is Nc1nc2c(s1)CN(CC(=O)NCc1ccccc1)CC2. The van der Waals surface area contributed by atoms with Crippen LogP contribution < -0.4 is 11.1 Å². The van der Waals surface area contributed by atoms with Gasteiger partial charge in [0.1, 0.15) is 0 Å². The van der Waals surface area contributed by atoms with Crippen LogP contribution in [0, 0.1) is 0 Å². The third-order valence-electron chi connectivity index (χ3n) is 3.53. The van der Waals surface area contributed by atoms with Gasteiger partial charge in [0, 0.05) is 30.9 Å². The predicted molar refractivity (Wildman–Crippen MR) is 83.8 cm³/mol. The van der Waals surface area contributed by atoms with Gasteiger partial charge < -0.3 is 11.1 Å². The van der Waals surface area contributed by atoms with Gasteiger partial charge >= 0.3 is 0 Å². The van der Waals surface area contributed by atoms with Crippen molar-refractivity contribution in [1.29, 1.82) is 0 Å². The molecule has 0 fully saturated rings. The van der Waals surface area contributed by atoms with Crippen molar-refractivity contribution in [3.63, 3.8) is 0 Å². The van der Waals surface area contributed by atoms with Gasteiger partial charge in [0.05, 0.1) is 12.2 Å². The van der Waals surface area contributed by atoms with Gasteiger partial charge in [-0.05, 0) is 5.56 Å². The monoisotopic (exact) mass is 302 g/mol. The number of carbonyl (C=O) groups excluding carboxylic acids is 1. The Balaban J connectivity index is 1.50. The van der Waals surface area contributed by atoms with Crippen molar-refractivity contribution in [2.75, 3.05) is 18.8 Å². The van der Waals surface area contributed by atoms with E-state index in [1.54, 1.807) is 0 Å². The molecule has 0 unspecified atom stereocenters. The van der Waals surface area contributed by atoms with E-state index < -0.39 is 0 Å². The van der Waals surface area contributed by atoms with Gasteiger partial charge in [-0.1, -0.05) is 30.3 Å². The van der Waals surface area contributed by atoms with E-state index in [1.165, 1.54) is 16.2 Å². The maximum Gasteiger partial charge on any atom is 0.234 e. The molecule has 110 valence electrons. The third-order valence-corrected chi connectivity index (χ3v) is 4.44. The number of thiazole rings is 1. The number of carbonyl (C=O) groups is 1. The highest BCUT2D eigenvalue weighted by Gasteiger charge is 2.21. The fraction of sp³-hybridized carbons (Fsp3) is 0.333. The molecule has 6 heteroatoms. The molecule has 1 aromatic heterocycles. The van der Waals surface area contributed by atoms with Gasteiger partial charge in [-0.2, -0.15) is 0 Å². The Labute approximate surface area is 127 Å². The summed E-state index contributed by atoms with van der Waals surface area (Å²) >= 11 is 1.52. The van der Waals surface area contributed by atoms with Crippen LogP contribution in [-0.2, 0) is 24.3 Å². The van der Waals surface area contributed by atoms with Crippen LogP contribution in [0.15, 0.2) is 30.3 Å². The summed E-state index contributed by atoms with van der Waals surface area (Å²) in [6.07, 6.45) is 0.870. The number of aromatic nitrogens is 1. The first-order chi connectivity index (χ1) is 10.2. The second-order valence-electron chi connectivity index (χ2n) is 5.14. The highest BCUT2D eigenvalue weighted by atomic mass is 32.1. The lowest BCUT2D eigenvalue weighted by molar-refractivity contribution is -0.122. The van der Waals surface area contributed by atoms with Crippen LogP contribution in [0.4, 0.5) is 5.13 Å². The molecule has 0 saturated carbocycles. The molecule has 0 atom stereocenters. The molecule has 2 aromatic rings. The molecule has 0 radical (unpaired) electrons. The number of nitrogens with one attached hydrogen (secondary N) is 1. The van der Waals surface area contributed by atoms with E-state index >= 15 is 0 Å². The highest BCUT2D eigenvalue weighted by molar-refractivity contribution is 7.15. The molecule has 2 heterocycles. The van der Waals surface area contributed by atoms with Crippen LogP contribution in [0.2, 0.25) is 0 Å². The van der Waals surface area contributed by atoms with Crippen molar-refractivity contribution in [1.82, 2.24) is 15.2 Å². The van der Waals surface area contributed by atoms with Crippen molar-refractivity contribution in [2.45, 2.75) is 19.5 Å². The summed E-state index contributed by atoms with van der Waals surface area (Å²) in [5.74, 6) is 0.0554. The lowest BCUT2D eigenvalue weighted by Crippen LogP contribution is -2.39. The van der Waals surface area contributed by atoms with Gasteiger partial charge in [-0.25, -0.2) is 4.98 Å². The molecular weight excluding hydrogens is 284 g/mol. The second-order valence-corrected chi connectivity index (χ2v) is 6.26. The largest absolute Gasteiger partial charge is 0.375 e. The Morgan fingerprint density at radius 2 is 2.19 bits per heavy atom. The smallest absolute Gasteiger partial charge is 0.234 e. The van der Waals surface area contributed by atoms with Crippen molar-refractivity contribution in [2.24, 2.45) is 0 Å². The van der Waals surface area contributed by atoms with E-state index in [1.807, 2.05) is 30.3 Å². The molecule has 3 rings (SSSR count). The molecular formula is C15H18N4OS. The average Bonchev–Trinajstić information content (AvgIpc) is 2.85. The molecule has 1 aliphatic heterocycles. The highest BCUT2D eigenvalue weighted by Crippen LogP contribution is 2.26. The Kier molecular flexibility index (Phi) is 4.17. The molecule has 0 bridgehead atoms. The van der Waals surface area contributed by atoms with E-state index in [4.69, 9.17) is 5.73 Å². The van der Waals surface area contributed by atoms with Gasteiger partial charge in [0.25, 0.3) is 0 Å². The summed E-state index contributed by atoms with van der Waals surface area (Å²) in [5, 5.41) is 3.58. The fourth-order valence-electron chi connectivity index (χ4n) is 2.46. The fourth-order valence-corrected chi connectivity index (χ4v) is 3.38. The van der Waals surface area contributed by atoms with E-state index in [-0.39, 0.29) is 5.91 Å². The van der Waals surface area contributed by atoms with Crippen LogP contribution in [0.1, 0.15) is 16.1 Å². The van der Waals surface area contributed by atoms with Crippen molar-refractivity contribution >= 4 is 22.4 Å². The number of hydrogen-bond acceptors (Lipinski definition) is 5. The second kappa shape index (κ2) is 6.24. The van der Waals surface area contributed by atoms with Crippen molar-refractivity contribution < 1.29 is 4.79 Å². The van der Waals surface area contributed by atoms with Crippen LogP contribution in [0.3, 0.4) is 0 Å². The molecule has 1 amide bonds. The first-order valence-electron chi connectivity index (χ1n) is 6.98. The minimum absolute atomic E-state index is 0.0554. The number of hydrogen-bond donors (Lipinski definition) is 2. The normalized spacial score (nSPS) is 14.7. The van der Waals surface area contributed by atoms with Gasteiger partial charge in [0.15, 0.2) is 5.13 Å². The molecule has 21 heavy (non-hydrogen) atoms. The number of nitrogens with two attached hydrogens (primary N) is 1. The number of nitrogen functional groups attached to an aromatic ring is 1. The van der Waals surface area contributed by atoms with Gasteiger partial charge in [-0.15, -0.1) is 11.3 Å². The summed E-state index contributed by atoms with van der Waals surface area (Å²) < 4.78 is 0. The van der Waals surface area contributed by atoms with Gasteiger partial charge in [0.2, 0.25) is 5.91 Å². The maximum atomic E-state index is 12.0. The summed E-state index contributed by atoms with van der Waals surface area (Å²) in [5.41, 5.74) is 7.94. The van der Waals surface area contributed by atoms with Crippen molar-refractivity contribution in [3.8, 4) is 0 Å². The van der Waals surface area contributed by atoms with Crippen LogP contribution in [0.25, 0.3) is 0 Å². The van der Waals surface area contributed by atoms with Crippen LogP contribution in [-0.4, -0.2) is 28.9 Å². The molecule has 1 aliphatic rings. The standard InChI is InChI=1S/C15H18N4OS/c16-15-18-12-6-7-19(9-13(12)21-15)10-14(20)17-8-11-4-2-1-3-5-11/h1-5H,6-10H2,(H2,16,18)(H,17,20). The lowest BCUT2D eigenvalue weighted by atomic mass is 10.2. The van der Waals surface area contributed by atoms with E-state index in [0.717, 1.165) is 30.8 Å². The number of nitrogens with zero attached hydrogens (tertiary/aromatic N) is 2. The van der Waals surface area contributed by atoms with E-state index in [2.05, 4.69) is 15.2 Å². The number of anilines is 1. The zero-order chi connectivity index (χ0) is 14.7.